The first kappa shape index (κ1) is 45.6. The van der Waals surface area contributed by atoms with E-state index >= 15 is 0 Å². The molecule has 2 aliphatic carbocycles. The summed E-state index contributed by atoms with van der Waals surface area (Å²) < 4.78 is 22.9. The van der Waals surface area contributed by atoms with Gasteiger partial charge in [-0.25, -0.2) is 14.6 Å². The summed E-state index contributed by atoms with van der Waals surface area (Å²) in [6.45, 7) is 12.6. The standard InChI is InChI=1S/C47H62N4O9/c1-10-17-35(44(55)60-47(5,6)7)49-41(52)33-24-31(59-38-27-36(28-18-13-11-14-19-28)48-37-26-30(57-8)22-23-32(37)38)25-34(33)42(53)51-40(46(2,3)4)43(54)50-39(45(56)58-9)29-20-15-12-16-21-29/h11,13-14,18-19,22-23,25-27,29,31,33,35,39-40H,10,12,15-17,20-21,24H2,1-9H3,(H,49,52)(H,50,54)(H,51,53)/t31-,33-,35-,39-,40+/m0/s1. The molecule has 5 atom stereocenters. The second-order valence-corrected chi connectivity index (χ2v) is 17.9. The van der Waals surface area contributed by atoms with E-state index in [9.17, 15) is 24.0 Å². The van der Waals surface area contributed by atoms with E-state index in [1.165, 1.54) is 7.11 Å². The third kappa shape index (κ3) is 11.6. The number of rotatable bonds is 15. The molecule has 2 aromatic carbocycles. The summed E-state index contributed by atoms with van der Waals surface area (Å²) in [5.74, 6) is -2.92. The van der Waals surface area contributed by atoms with Crippen molar-refractivity contribution in [1.29, 1.82) is 0 Å². The molecule has 1 fully saturated rings. The molecule has 1 saturated carbocycles. The largest absolute Gasteiger partial charge is 0.497 e. The van der Waals surface area contributed by atoms with Crippen molar-refractivity contribution >= 4 is 40.6 Å². The summed E-state index contributed by atoms with van der Waals surface area (Å²) in [7, 11) is 2.88. The van der Waals surface area contributed by atoms with Crippen LogP contribution in [0.1, 0.15) is 99.8 Å². The number of nitrogens with zero attached hydrogens (tertiary/aromatic N) is 1. The van der Waals surface area contributed by atoms with Crippen LogP contribution in [-0.4, -0.2) is 78.7 Å². The van der Waals surface area contributed by atoms with Crippen molar-refractivity contribution in [1.82, 2.24) is 20.9 Å². The van der Waals surface area contributed by atoms with Gasteiger partial charge in [0.2, 0.25) is 17.7 Å². The number of carbonyl (C=O) groups excluding carboxylic acids is 5. The third-order valence-electron chi connectivity index (χ3n) is 11.0. The second kappa shape index (κ2) is 19.7. The van der Waals surface area contributed by atoms with Gasteiger partial charge in [0.05, 0.1) is 31.3 Å². The molecule has 0 unspecified atom stereocenters. The number of hydrogen-bond donors (Lipinski definition) is 3. The quantitative estimate of drug-likeness (QED) is 0.136. The third-order valence-corrected chi connectivity index (χ3v) is 11.0. The first-order chi connectivity index (χ1) is 28.4. The zero-order valence-electron chi connectivity index (χ0n) is 36.5. The molecule has 0 aliphatic heterocycles. The lowest BCUT2D eigenvalue weighted by Gasteiger charge is -2.34. The second-order valence-electron chi connectivity index (χ2n) is 17.9. The Hall–Kier alpha value is -5.46. The van der Waals surface area contributed by atoms with E-state index in [1.54, 1.807) is 40.0 Å². The molecule has 1 aromatic heterocycles. The van der Waals surface area contributed by atoms with E-state index in [2.05, 4.69) is 16.0 Å². The number of carbonyl (C=O) groups is 5. The number of esters is 2. The van der Waals surface area contributed by atoms with Crippen LogP contribution in [0.5, 0.6) is 11.5 Å². The molecule has 2 aliphatic rings. The molecule has 13 nitrogen and oxygen atoms in total. The van der Waals surface area contributed by atoms with Gasteiger partial charge in [0.1, 0.15) is 41.3 Å². The van der Waals surface area contributed by atoms with Gasteiger partial charge in [0.15, 0.2) is 0 Å². The molecule has 3 aromatic rings. The molecule has 0 spiro atoms. The fraction of sp³-hybridized carbons (Fsp3) is 0.532. The van der Waals surface area contributed by atoms with Crippen LogP contribution in [0.15, 0.2) is 66.2 Å². The summed E-state index contributed by atoms with van der Waals surface area (Å²) in [5.41, 5.74) is 0.620. The lowest BCUT2D eigenvalue weighted by atomic mass is 9.82. The van der Waals surface area contributed by atoms with Crippen molar-refractivity contribution in [2.24, 2.45) is 17.3 Å². The van der Waals surface area contributed by atoms with Gasteiger partial charge in [-0.05, 0) is 69.6 Å². The molecule has 0 radical (unpaired) electrons. The molecular formula is C47H62N4O9. The molecule has 3 N–H and O–H groups in total. The van der Waals surface area contributed by atoms with Crippen LogP contribution in [-0.2, 0) is 33.4 Å². The van der Waals surface area contributed by atoms with Gasteiger partial charge in [-0.15, -0.1) is 0 Å². The molecule has 13 heteroatoms. The summed E-state index contributed by atoms with van der Waals surface area (Å²) in [4.78, 5) is 74.2. The number of methoxy groups -OCH3 is 2. The van der Waals surface area contributed by atoms with E-state index in [0.29, 0.717) is 40.9 Å². The number of nitrogens with one attached hydrogen (secondary N) is 3. The molecule has 324 valence electrons. The topological polar surface area (TPSA) is 171 Å². The number of benzene rings is 2. The van der Waals surface area contributed by atoms with Crippen molar-refractivity contribution in [3.63, 3.8) is 0 Å². The van der Waals surface area contributed by atoms with E-state index < -0.39 is 70.8 Å². The Bertz CT molecular complexity index is 2050. The monoisotopic (exact) mass is 826 g/mol. The van der Waals surface area contributed by atoms with Crippen LogP contribution in [0.3, 0.4) is 0 Å². The molecule has 5 rings (SSSR count). The fourth-order valence-corrected chi connectivity index (χ4v) is 7.90. The van der Waals surface area contributed by atoms with Gasteiger partial charge in [0, 0.05) is 35.1 Å². The Morgan fingerprint density at radius 1 is 0.850 bits per heavy atom. The SMILES string of the molecule is CCC[C@H](NC(=O)[C@H]1C[C@H](Oc2cc(-c3ccccc3)nc3cc(OC)ccc23)C=C1C(=O)N[C@H](C(=O)N[C@H](C(=O)OC)C1CCCCC1)C(C)(C)C)C(=O)OC(C)(C)C. The minimum atomic E-state index is -1.10. The molecule has 0 saturated heterocycles. The number of hydrogen-bond acceptors (Lipinski definition) is 10. The van der Waals surface area contributed by atoms with Crippen LogP contribution in [0.2, 0.25) is 0 Å². The molecule has 3 amide bonds. The highest BCUT2D eigenvalue weighted by Gasteiger charge is 2.43. The number of pyridine rings is 1. The van der Waals surface area contributed by atoms with Gasteiger partial charge in [-0.1, -0.05) is 83.7 Å². The zero-order chi connectivity index (χ0) is 43.8. The van der Waals surface area contributed by atoms with Crippen molar-refractivity contribution < 1.29 is 42.9 Å². The van der Waals surface area contributed by atoms with Crippen molar-refractivity contribution in [3.05, 3.63) is 66.2 Å². The molecule has 1 heterocycles. The van der Waals surface area contributed by atoms with Crippen LogP contribution in [0.4, 0.5) is 0 Å². The summed E-state index contributed by atoms with van der Waals surface area (Å²) >= 11 is 0. The zero-order valence-corrected chi connectivity index (χ0v) is 36.5. The minimum Gasteiger partial charge on any atom is -0.497 e. The Morgan fingerprint density at radius 2 is 1.55 bits per heavy atom. The first-order valence-corrected chi connectivity index (χ1v) is 21.1. The lowest BCUT2D eigenvalue weighted by Crippen LogP contribution is -2.58. The van der Waals surface area contributed by atoms with Crippen LogP contribution in [0.25, 0.3) is 22.2 Å². The fourth-order valence-electron chi connectivity index (χ4n) is 7.90. The van der Waals surface area contributed by atoms with Crippen molar-refractivity contribution in [2.75, 3.05) is 14.2 Å². The maximum absolute atomic E-state index is 14.6. The van der Waals surface area contributed by atoms with Crippen LogP contribution in [0, 0.1) is 17.3 Å². The highest BCUT2D eigenvalue weighted by Crippen LogP contribution is 2.37. The molecule has 0 bridgehead atoms. The van der Waals surface area contributed by atoms with Crippen LogP contribution >= 0.6 is 0 Å². The Kier molecular flexibility index (Phi) is 15.0. The highest BCUT2D eigenvalue weighted by molar-refractivity contribution is 6.04. The molecular weight excluding hydrogens is 765 g/mol. The predicted molar refractivity (Wildman–Crippen MR) is 229 cm³/mol. The van der Waals surface area contributed by atoms with Gasteiger partial charge in [0.25, 0.3) is 0 Å². The number of fused-ring (bicyclic) bond motifs is 1. The molecule has 60 heavy (non-hydrogen) atoms. The average molecular weight is 827 g/mol. The lowest BCUT2D eigenvalue weighted by molar-refractivity contribution is -0.159. The van der Waals surface area contributed by atoms with Gasteiger partial charge in [-0.3, -0.25) is 14.4 Å². The maximum Gasteiger partial charge on any atom is 0.329 e. The minimum absolute atomic E-state index is 0.0564. The van der Waals surface area contributed by atoms with Gasteiger partial charge < -0.3 is 34.9 Å². The Labute approximate surface area is 353 Å². The van der Waals surface area contributed by atoms with E-state index in [-0.39, 0.29) is 17.9 Å². The van der Waals surface area contributed by atoms with Crippen molar-refractivity contribution in [2.45, 2.75) is 130 Å². The smallest absolute Gasteiger partial charge is 0.329 e. The predicted octanol–water partition coefficient (Wildman–Crippen LogP) is 7.00. The normalized spacial score (nSPS) is 18.6. The Morgan fingerprint density at radius 3 is 2.17 bits per heavy atom. The maximum atomic E-state index is 14.6. The Balaban J connectivity index is 1.50. The van der Waals surface area contributed by atoms with Gasteiger partial charge in [-0.2, -0.15) is 0 Å². The highest BCUT2D eigenvalue weighted by atomic mass is 16.6. The van der Waals surface area contributed by atoms with Gasteiger partial charge >= 0.3 is 11.9 Å². The summed E-state index contributed by atoms with van der Waals surface area (Å²) in [6.07, 6.45) is 6.28. The number of ether oxygens (including phenoxy) is 4. The van der Waals surface area contributed by atoms with E-state index in [4.69, 9.17) is 23.9 Å². The summed E-state index contributed by atoms with van der Waals surface area (Å²) in [6, 6.07) is 14.0. The number of aromatic nitrogens is 1. The average Bonchev–Trinajstić information content (AvgIpc) is 3.64. The number of amides is 3. The van der Waals surface area contributed by atoms with E-state index in [0.717, 1.165) is 37.7 Å². The first-order valence-electron chi connectivity index (χ1n) is 21.1. The van der Waals surface area contributed by atoms with Crippen molar-refractivity contribution in [3.8, 4) is 22.8 Å². The summed E-state index contributed by atoms with van der Waals surface area (Å²) in [5, 5.41) is 9.39. The van der Waals surface area contributed by atoms with E-state index in [1.807, 2.05) is 76.2 Å². The van der Waals surface area contributed by atoms with Crippen LogP contribution < -0.4 is 25.4 Å².